The monoisotopic (exact) mass is 158 g/mol. The molecular weight excluding hydrogens is 144 g/mol. The smallest absolute Gasteiger partial charge is 0.0333 e. The van der Waals surface area contributed by atoms with Gasteiger partial charge >= 0.3 is 0 Å². The van der Waals surface area contributed by atoms with Crippen LogP contribution in [0.4, 0.5) is 0 Å². The van der Waals surface area contributed by atoms with E-state index in [9.17, 15) is 0 Å². The highest BCUT2D eigenvalue weighted by Gasteiger charge is 1.98. The van der Waals surface area contributed by atoms with Crippen molar-refractivity contribution in [3.63, 3.8) is 0 Å². The molecule has 0 spiro atoms. The Labute approximate surface area is 69.0 Å². The molecule has 0 saturated carbocycles. The van der Waals surface area contributed by atoms with Gasteiger partial charge in [0, 0.05) is 11.8 Å². The molecule has 0 aromatic carbocycles. The van der Waals surface area contributed by atoms with Gasteiger partial charge in [-0.2, -0.15) is 0 Å². The van der Waals surface area contributed by atoms with E-state index in [-0.39, 0.29) is 0 Å². The van der Waals surface area contributed by atoms with Gasteiger partial charge in [0.25, 0.3) is 0 Å². The molecule has 0 nitrogen and oxygen atoms in total. The van der Waals surface area contributed by atoms with Crippen molar-refractivity contribution < 1.29 is 0 Å². The molecule has 0 aliphatic rings. The Bertz CT molecular complexity index is 102. The van der Waals surface area contributed by atoms with Crippen LogP contribution in [0.5, 0.6) is 0 Å². The van der Waals surface area contributed by atoms with Gasteiger partial charge in [-0.15, -0.1) is 23.9 Å². The second kappa shape index (κ2) is 6.96. The Morgan fingerprint density at radius 1 is 1.50 bits per heavy atom. The van der Waals surface area contributed by atoms with Crippen LogP contribution in [0.2, 0.25) is 0 Å². The second-order valence-corrected chi connectivity index (χ2v) is 3.07. The Morgan fingerprint density at radius 2 is 2.20 bits per heavy atom. The average molecular weight is 159 g/mol. The molecule has 1 heteroatoms. The largest absolute Gasteiger partial charge is 0.123 e. The maximum Gasteiger partial charge on any atom is 0.0333 e. The first-order valence-electron chi connectivity index (χ1n) is 3.88. The summed E-state index contributed by atoms with van der Waals surface area (Å²) in [6.45, 7) is 2.11. The zero-order valence-corrected chi connectivity index (χ0v) is 7.32. The summed E-state index contributed by atoms with van der Waals surface area (Å²) in [6.07, 6.45) is 10.5. The Balaban J connectivity index is 2.98. The van der Waals surface area contributed by atoms with Gasteiger partial charge in [0.2, 0.25) is 0 Å². The van der Waals surface area contributed by atoms with Crippen molar-refractivity contribution in [2.75, 3.05) is 0 Å². The lowest BCUT2D eigenvalue weighted by Crippen LogP contribution is -1.94. The number of unbranched alkanes of at least 4 members (excludes halogenated alkanes) is 2. The van der Waals surface area contributed by atoms with E-state index in [1.54, 1.807) is 0 Å². The molecule has 0 aliphatic heterocycles. The summed E-state index contributed by atoms with van der Waals surface area (Å²) in [6, 6.07) is 0. The van der Waals surface area contributed by atoms with Crippen LogP contribution in [0.15, 0.2) is 0 Å². The quantitative estimate of drug-likeness (QED) is 0.328. The standard InChI is InChI=1S/C9H15Cl/c1-3-5-6-7-8-9(10)4-2/h1,9H,4-8H2,2H3. The van der Waals surface area contributed by atoms with Gasteiger partial charge in [0.15, 0.2) is 0 Å². The maximum atomic E-state index is 5.89. The zero-order valence-electron chi connectivity index (χ0n) is 6.57. The molecule has 0 bridgehead atoms. The number of hydrogen-bond donors (Lipinski definition) is 0. The molecule has 1 atom stereocenters. The molecular formula is C9H15Cl. The highest BCUT2D eigenvalue weighted by molar-refractivity contribution is 6.20. The minimum absolute atomic E-state index is 0.359. The van der Waals surface area contributed by atoms with Crippen LogP contribution < -0.4 is 0 Å². The van der Waals surface area contributed by atoms with Crippen molar-refractivity contribution in [2.24, 2.45) is 0 Å². The Hall–Kier alpha value is -0.150. The number of terminal acetylenes is 1. The Morgan fingerprint density at radius 3 is 2.70 bits per heavy atom. The molecule has 0 radical (unpaired) electrons. The van der Waals surface area contributed by atoms with Crippen LogP contribution in [0.3, 0.4) is 0 Å². The van der Waals surface area contributed by atoms with E-state index in [0.717, 1.165) is 25.7 Å². The lowest BCUT2D eigenvalue weighted by Gasteiger charge is -2.03. The zero-order chi connectivity index (χ0) is 7.82. The van der Waals surface area contributed by atoms with Crippen LogP contribution in [0, 0.1) is 12.3 Å². The van der Waals surface area contributed by atoms with E-state index in [0.29, 0.717) is 5.38 Å². The fourth-order valence-electron chi connectivity index (χ4n) is 0.797. The fourth-order valence-corrected chi connectivity index (χ4v) is 0.951. The molecule has 1 unspecified atom stereocenters. The van der Waals surface area contributed by atoms with Gasteiger partial charge in [0.1, 0.15) is 0 Å². The first kappa shape index (κ1) is 9.85. The third kappa shape index (κ3) is 5.98. The Kier molecular flexibility index (Phi) is 6.86. The third-order valence-corrected chi connectivity index (χ3v) is 2.06. The summed E-state index contributed by atoms with van der Waals surface area (Å²) in [5.41, 5.74) is 0. The van der Waals surface area contributed by atoms with Gasteiger partial charge in [0.05, 0.1) is 0 Å². The summed E-state index contributed by atoms with van der Waals surface area (Å²) in [4.78, 5) is 0. The van der Waals surface area contributed by atoms with Gasteiger partial charge in [-0.3, -0.25) is 0 Å². The van der Waals surface area contributed by atoms with Crippen molar-refractivity contribution in [3.8, 4) is 12.3 Å². The molecule has 0 heterocycles. The van der Waals surface area contributed by atoms with Crippen molar-refractivity contribution in [1.29, 1.82) is 0 Å². The molecule has 58 valence electrons. The summed E-state index contributed by atoms with van der Waals surface area (Å²) in [7, 11) is 0. The molecule has 0 aliphatic carbocycles. The van der Waals surface area contributed by atoms with E-state index < -0.39 is 0 Å². The fraction of sp³-hybridized carbons (Fsp3) is 0.778. The van der Waals surface area contributed by atoms with E-state index >= 15 is 0 Å². The van der Waals surface area contributed by atoms with Gasteiger partial charge in [-0.1, -0.05) is 13.3 Å². The molecule has 0 saturated heterocycles. The SMILES string of the molecule is C#CCCCCC(Cl)CC. The van der Waals surface area contributed by atoms with Crippen LogP contribution in [-0.4, -0.2) is 5.38 Å². The van der Waals surface area contributed by atoms with E-state index in [4.69, 9.17) is 18.0 Å². The lowest BCUT2D eigenvalue weighted by molar-refractivity contribution is 0.648. The lowest BCUT2D eigenvalue weighted by atomic mass is 10.1. The molecule has 0 rings (SSSR count). The summed E-state index contributed by atoms with van der Waals surface area (Å²) in [5.74, 6) is 2.62. The number of alkyl halides is 1. The van der Waals surface area contributed by atoms with E-state index in [1.807, 2.05) is 0 Å². The minimum Gasteiger partial charge on any atom is -0.123 e. The van der Waals surface area contributed by atoms with Crippen molar-refractivity contribution in [3.05, 3.63) is 0 Å². The highest BCUT2D eigenvalue weighted by atomic mass is 35.5. The normalized spacial score (nSPS) is 12.5. The predicted octanol–water partition coefficient (Wildman–Crippen LogP) is 3.20. The molecule has 0 aromatic rings. The van der Waals surface area contributed by atoms with Crippen molar-refractivity contribution in [2.45, 2.75) is 44.4 Å². The summed E-state index contributed by atoms with van der Waals surface area (Å²) >= 11 is 5.89. The maximum absolute atomic E-state index is 5.89. The topological polar surface area (TPSA) is 0 Å². The number of hydrogen-bond acceptors (Lipinski definition) is 0. The van der Waals surface area contributed by atoms with Gasteiger partial charge < -0.3 is 0 Å². The van der Waals surface area contributed by atoms with Crippen LogP contribution >= 0.6 is 11.6 Å². The van der Waals surface area contributed by atoms with E-state index in [2.05, 4.69) is 12.8 Å². The first-order chi connectivity index (χ1) is 4.81. The van der Waals surface area contributed by atoms with Gasteiger partial charge in [-0.05, 0) is 19.3 Å². The van der Waals surface area contributed by atoms with E-state index in [1.165, 1.54) is 6.42 Å². The second-order valence-electron chi connectivity index (χ2n) is 2.46. The molecule has 0 N–H and O–H groups in total. The van der Waals surface area contributed by atoms with Crippen molar-refractivity contribution in [1.82, 2.24) is 0 Å². The first-order valence-corrected chi connectivity index (χ1v) is 4.32. The average Bonchev–Trinajstić information content (AvgIpc) is 1.98. The highest BCUT2D eigenvalue weighted by Crippen LogP contribution is 2.11. The number of halogens is 1. The molecule has 0 fully saturated rings. The third-order valence-electron chi connectivity index (χ3n) is 1.53. The summed E-state index contributed by atoms with van der Waals surface area (Å²) < 4.78 is 0. The minimum atomic E-state index is 0.359. The molecule has 10 heavy (non-hydrogen) atoms. The summed E-state index contributed by atoms with van der Waals surface area (Å²) in [5, 5.41) is 0.359. The van der Waals surface area contributed by atoms with Crippen molar-refractivity contribution >= 4 is 11.6 Å². The van der Waals surface area contributed by atoms with Crippen LogP contribution in [-0.2, 0) is 0 Å². The van der Waals surface area contributed by atoms with Gasteiger partial charge in [-0.25, -0.2) is 0 Å². The molecule has 0 amide bonds. The number of rotatable bonds is 5. The van der Waals surface area contributed by atoms with Crippen LogP contribution in [0.25, 0.3) is 0 Å². The molecule has 0 aromatic heterocycles. The van der Waals surface area contributed by atoms with Crippen LogP contribution in [0.1, 0.15) is 39.0 Å². The predicted molar refractivity (Wildman–Crippen MR) is 47.2 cm³/mol.